The quantitative estimate of drug-likeness (QED) is 0.510. The van der Waals surface area contributed by atoms with Crippen LogP contribution < -0.4 is 10.0 Å². The third-order valence-electron chi connectivity index (χ3n) is 4.41. The number of aryl methyl sites for hydroxylation is 1. The summed E-state index contributed by atoms with van der Waals surface area (Å²) in [5.41, 5.74) is -2.20. The Balaban J connectivity index is 1.90. The zero-order chi connectivity index (χ0) is 24.4. The number of carbonyl (C=O) groups is 2. The first kappa shape index (κ1) is 23.8. The number of ether oxygens (including phenoxy) is 1. The van der Waals surface area contributed by atoms with Gasteiger partial charge < -0.3 is 14.6 Å². The Bertz CT molecular complexity index is 1300. The second-order valence-electron chi connectivity index (χ2n) is 6.63. The third kappa shape index (κ3) is 5.31. The van der Waals surface area contributed by atoms with E-state index >= 15 is 0 Å². The second-order valence-corrected chi connectivity index (χ2v) is 8.31. The van der Waals surface area contributed by atoms with Gasteiger partial charge in [-0.2, -0.15) is 13.2 Å². The Kier molecular flexibility index (Phi) is 6.44. The average molecular weight is 483 g/mol. The Morgan fingerprint density at radius 2 is 1.76 bits per heavy atom. The van der Waals surface area contributed by atoms with Crippen molar-refractivity contribution in [3.63, 3.8) is 0 Å². The van der Waals surface area contributed by atoms with Crippen LogP contribution in [0.1, 0.15) is 32.0 Å². The number of alkyl halides is 3. The number of benzene rings is 2. The molecule has 13 heteroatoms. The third-order valence-corrected chi connectivity index (χ3v) is 5.79. The van der Waals surface area contributed by atoms with Crippen LogP contribution in [-0.2, 0) is 20.9 Å². The molecule has 0 bridgehead atoms. The highest BCUT2D eigenvalue weighted by Crippen LogP contribution is 2.37. The number of esters is 1. The average Bonchev–Trinajstić information content (AvgIpc) is 3.19. The van der Waals surface area contributed by atoms with Gasteiger partial charge in [0.2, 0.25) is 0 Å². The smallest absolute Gasteiger partial charge is 0.418 e. The van der Waals surface area contributed by atoms with Crippen LogP contribution in [0.15, 0.2) is 58.1 Å². The van der Waals surface area contributed by atoms with Crippen molar-refractivity contribution in [1.29, 1.82) is 0 Å². The number of nitrogens with one attached hydrogen (secondary N) is 2. The molecular weight excluding hydrogens is 467 g/mol. The zero-order valence-electron chi connectivity index (χ0n) is 17.1. The molecule has 0 saturated carbocycles. The molecule has 1 amide bonds. The molecule has 0 aliphatic carbocycles. The largest absolute Gasteiger partial charge is 0.465 e. The number of aromatic nitrogens is 1. The SMILES string of the molecule is COC(=O)c1ccc(S(=O)(=O)Nc2ccc(NC(=O)c3cnoc3C)cc2C(F)(F)F)cc1. The van der Waals surface area contributed by atoms with Gasteiger partial charge in [-0.1, -0.05) is 5.16 Å². The van der Waals surface area contributed by atoms with E-state index in [-0.39, 0.29) is 27.5 Å². The Morgan fingerprint density at radius 3 is 2.30 bits per heavy atom. The van der Waals surface area contributed by atoms with Gasteiger partial charge in [0.25, 0.3) is 15.9 Å². The topological polar surface area (TPSA) is 128 Å². The fourth-order valence-corrected chi connectivity index (χ4v) is 3.83. The lowest BCUT2D eigenvalue weighted by atomic mass is 10.1. The highest BCUT2D eigenvalue weighted by atomic mass is 32.2. The lowest BCUT2D eigenvalue weighted by Gasteiger charge is -2.16. The van der Waals surface area contributed by atoms with Crippen LogP contribution >= 0.6 is 0 Å². The van der Waals surface area contributed by atoms with E-state index in [1.165, 1.54) is 6.92 Å². The van der Waals surface area contributed by atoms with E-state index in [1.54, 1.807) is 0 Å². The standard InChI is InChI=1S/C20H16F3N3O6S/c1-11-15(10-24-32-11)18(27)25-13-5-8-17(16(9-13)20(21,22)23)26-33(29,30)14-6-3-12(4-7-14)19(28)31-2/h3-10,26H,1-2H3,(H,25,27). The van der Waals surface area contributed by atoms with Gasteiger partial charge in [-0.05, 0) is 49.4 Å². The van der Waals surface area contributed by atoms with Crippen molar-refractivity contribution < 1.29 is 40.4 Å². The number of methoxy groups -OCH3 is 1. The number of nitrogens with zero attached hydrogens (tertiary/aromatic N) is 1. The lowest BCUT2D eigenvalue weighted by molar-refractivity contribution is -0.136. The number of rotatable bonds is 6. The van der Waals surface area contributed by atoms with Crippen molar-refractivity contribution in [2.45, 2.75) is 18.0 Å². The minimum absolute atomic E-state index is 0.0312. The molecule has 2 aromatic carbocycles. The van der Waals surface area contributed by atoms with Crippen molar-refractivity contribution in [3.05, 3.63) is 71.1 Å². The molecule has 174 valence electrons. The van der Waals surface area contributed by atoms with Crippen LogP contribution in [0.25, 0.3) is 0 Å². The maximum atomic E-state index is 13.6. The van der Waals surface area contributed by atoms with Crippen molar-refractivity contribution in [1.82, 2.24) is 5.16 Å². The molecule has 2 N–H and O–H groups in total. The first-order valence-electron chi connectivity index (χ1n) is 9.07. The van der Waals surface area contributed by atoms with E-state index in [0.717, 1.165) is 49.7 Å². The molecule has 0 radical (unpaired) electrons. The predicted octanol–water partition coefficient (Wildman–Crippen LogP) is 3.84. The highest BCUT2D eigenvalue weighted by Gasteiger charge is 2.35. The Hall–Kier alpha value is -3.87. The maximum absolute atomic E-state index is 13.6. The molecule has 0 aliphatic heterocycles. The first-order valence-corrected chi connectivity index (χ1v) is 10.6. The second kappa shape index (κ2) is 8.94. The normalized spacial score (nSPS) is 11.7. The number of halogens is 3. The van der Waals surface area contributed by atoms with Crippen molar-refractivity contribution in [2.24, 2.45) is 0 Å². The predicted molar refractivity (Wildman–Crippen MR) is 109 cm³/mol. The van der Waals surface area contributed by atoms with Gasteiger partial charge in [0, 0.05) is 5.69 Å². The number of carbonyl (C=O) groups excluding carboxylic acids is 2. The molecule has 0 fully saturated rings. The summed E-state index contributed by atoms with van der Waals surface area (Å²) in [6.07, 6.45) is -3.83. The van der Waals surface area contributed by atoms with Gasteiger partial charge >= 0.3 is 12.1 Å². The monoisotopic (exact) mass is 483 g/mol. The van der Waals surface area contributed by atoms with E-state index in [0.29, 0.717) is 6.07 Å². The molecule has 0 saturated heterocycles. The lowest BCUT2D eigenvalue weighted by Crippen LogP contribution is -2.18. The van der Waals surface area contributed by atoms with E-state index in [4.69, 9.17) is 4.52 Å². The van der Waals surface area contributed by atoms with Crippen LogP contribution in [-0.4, -0.2) is 32.6 Å². The van der Waals surface area contributed by atoms with E-state index in [1.807, 2.05) is 4.72 Å². The van der Waals surface area contributed by atoms with Crippen molar-refractivity contribution in [2.75, 3.05) is 17.1 Å². The van der Waals surface area contributed by atoms with E-state index in [2.05, 4.69) is 15.2 Å². The summed E-state index contributed by atoms with van der Waals surface area (Å²) in [6.45, 7) is 1.46. The number of amides is 1. The molecule has 3 rings (SSSR count). The van der Waals surface area contributed by atoms with E-state index in [9.17, 15) is 31.2 Å². The maximum Gasteiger partial charge on any atom is 0.418 e. The van der Waals surface area contributed by atoms with Gasteiger partial charge in [-0.15, -0.1) is 0 Å². The fraction of sp³-hybridized carbons (Fsp3) is 0.150. The van der Waals surface area contributed by atoms with Crippen LogP contribution in [0.4, 0.5) is 24.5 Å². The molecule has 1 aromatic heterocycles. The van der Waals surface area contributed by atoms with Gasteiger partial charge in [-0.3, -0.25) is 9.52 Å². The van der Waals surface area contributed by atoms with Gasteiger partial charge in [0.1, 0.15) is 11.3 Å². The molecule has 1 heterocycles. The Morgan fingerprint density at radius 1 is 1.09 bits per heavy atom. The number of anilines is 2. The van der Waals surface area contributed by atoms with Gasteiger partial charge in [0.05, 0.1) is 35.0 Å². The number of hydrogen-bond acceptors (Lipinski definition) is 7. The summed E-state index contributed by atoms with van der Waals surface area (Å²) < 4.78 is 77.3. The summed E-state index contributed by atoms with van der Waals surface area (Å²) >= 11 is 0. The molecule has 0 spiro atoms. The molecule has 3 aromatic rings. The summed E-state index contributed by atoms with van der Waals surface area (Å²) in [4.78, 5) is 23.3. The fourth-order valence-electron chi connectivity index (χ4n) is 2.75. The van der Waals surface area contributed by atoms with Gasteiger partial charge in [-0.25, -0.2) is 13.2 Å². The van der Waals surface area contributed by atoms with Crippen LogP contribution in [0.3, 0.4) is 0 Å². The molecule has 9 nitrogen and oxygen atoms in total. The summed E-state index contributed by atoms with van der Waals surface area (Å²) in [5, 5.41) is 5.71. The number of sulfonamides is 1. The van der Waals surface area contributed by atoms with Crippen molar-refractivity contribution >= 4 is 33.3 Å². The Labute approximate surface area is 185 Å². The number of hydrogen-bond donors (Lipinski definition) is 2. The summed E-state index contributed by atoms with van der Waals surface area (Å²) in [5.74, 6) is -1.28. The van der Waals surface area contributed by atoms with Gasteiger partial charge in [0.15, 0.2) is 0 Å². The van der Waals surface area contributed by atoms with Crippen LogP contribution in [0.5, 0.6) is 0 Å². The molecule has 0 atom stereocenters. The van der Waals surface area contributed by atoms with Crippen molar-refractivity contribution in [3.8, 4) is 0 Å². The van der Waals surface area contributed by atoms with Crippen LogP contribution in [0.2, 0.25) is 0 Å². The molecule has 0 aliphatic rings. The summed E-state index contributed by atoms with van der Waals surface area (Å²) in [7, 11) is -3.29. The minimum Gasteiger partial charge on any atom is -0.465 e. The molecular formula is C20H16F3N3O6S. The molecule has 33 heavy (non-hydrogen) atoms. The van der Waals surface area contributed by atoms with E-state index < -0.39 is 39.3 Å². The zero-order valence-corrected chi connectivity index (χ0v) is 17.9. The first-order chi connectivity index (χ1) is 15.4. The van der Waals surface area contributed by atoms with Crippen LogP contribution in [0, 0.1) is 6.92 Å². The highest BCUT2D eigenvalue weighted by molar-refractivity contribution is 7.92. The molecule has 0 unspecified atom stereocenters. The minimum atomic E-state index is -4.94. The summed E-state index contributed by atoms with van der Waals surface area (Å²) in [6, 6.07) is 7.01.